The molecule has 0 nitrogen and oxygen atoms in total. The van der Waals surface area contributed by atoms with Crippen LogP contribution in [0.4, 0.5) is 0 Å². The van der Waals surface area contributed by atoms with Crippen molar-refractivity contribution in [2.24, 2.45) is 0 Å². The molecule has 0 fully saturated rings. The molecule has 0 amide bonds. The Hall–Kier alpha value is -0.780. The van der Waals surface area contributed by atoms with Gasteiger partial charge in [-0.25, -0.2) is 0 Å². The summed E-state index contributed by atoms with van der Waals surface area (Å²) in [7, 11) is 0. The summed E-state index contributed by atoms with van der Waals surface area (Å²) >= 11 is 0. The summed E-state index contributed by atoms with van der Waals surface area (Å²) in [6.45, 7) is 16.5. The average molecular weight is 164 g/mol. The van der Waals surface area contributed by atoms with Crippen LogP contribution in [0.3, 0.4) is 0 Å². The van der Waals surface area contributed by atoms with Crippen LogP contribution >= 0.6 is 0 Å². The highest BCUT2D eigenvalue weighted by Crippen LogP contribution is 2.24. The van der Waals surface area contributed by atoms with Crippen molar-refractivity contribution in [3.05, 3.63) is 35.5 Å². The van der Waals surface area contributed by atoms with Crippen molar-refractivity contribution in [2.45, 2.75) is 40.5 Å². The molecular formula is C12H20. The Bertz CT molecular complexity index is 216. The van der Waals surface area contributed by atoms with Crippen molar-refractivity contribution in [1.82, 2.24) is 0 Å². The Labute approximate surface area is 76.7 Å². The normalized spacial score (nSPS) is 12.3. The van der Waals surface area contributed by atoms with Crippen LogP contribution in [0.2, 0.25) is 0 Å². The molecule has 0 aromatic rings. The molecule has 0 aromatic heterocycles. The first-order valence-electron chi connectivity index (χ1n) is 4.58. The van der Waals surface area contributed by atoms with Crippen LogP contribution < -0.4 is 0 Å². The molecule has 0 atom stereocenters. The molecule has 0 unspecified atom stereocenters. The summed E-state index contributed by atoms with van der Waals surface area (Å²) in [5.41, 5.74) is 5.04. The smallest absolute Gasteiger partial charge is 0.0218 e. The fourth-order valence-electron chi connectivity index (χ4n) is 1.32. The topological polar surface area (TPSA) is 0 Å². The molecule has 0 aliphatic rings. The fraction of sp³-hybridized carbons (Fsp3) is 0.500. The predicted octanol–water partition coefficient (Wildman–Crippen LogP) is 4.26. The van der Waals surface area contributed by atoms with Gasteiger partial charge in [0.1, 0.15) is 0 Å². The molecule has 0 saturated heterocycles. The van der Waals surface area contributed by atoms with Crippen LogP contribution in [0, 0.1) is 0 Å². The highest BCUT2D eigenvalue weighted by Gasteiger charge is 2.04. The molecule has 0 aromatic carbocycles. The summed E-state index contributed by atoms with van der Waals surface area (Å²) in [4.78, 5) is 0. The standard InChI is InChI=1S/C12H20/c1-7-10(5)12(9(3)4)11(6)8-2/h3,5,7-8H2,1-2,4,6H3. The van der Waals surface area contributed by atoms with Gasteiger partial charge in [0.15, 0.2) is 0 Å². The van der Waals surface area contributed by atoms with Crippen molar-refractivity contribution in [3.8, 4) is 0 Å². The molecule has 0 aliphatic carbocycles. The van der Waals surface area contributed by atoms with E-state index in [1.807, 2.05) is 0 Å². The van der Waals surface area contributed by atoms with E-state index in [1.54, 1.807) is 0 Å². The van der Waals surface area contributed by atoms with Crippen molar-refractivity contribution >= 4 is 0 Å². The molecule has 0 aliphatic heterocycles. The van der Waals surface area contributed by atoms with Gasteiger partial charge >= 0.3 is 0 Å². The largest absolute Gasteiger partial charge is 0.0955 e. The van der Waals surface area contributed by atoms with E-state index in [4.69, 9.17) is 0 Å². The molecule has 0 rings (SSSR count). The van der Waals surface area contributed by atoms with E-state index in [1.165, 1.54) is 16.7 Å². The van der Waals surface area contributed by atoms with Gasteiger partial charge in [0.25, 0.3) is 0 Å². The Kier molecular flexibility index (Phi) is 4.65. The maximum absolute atomic E-state index is 4.05. The van der Waals surface area contributed by atoms with Gasteiger partial charge in [0.2, 0.25) is 0 Å². The van der Waals surface area contributed by atoms with Gasteiger partial charge in [-0.15, -0.1) is 0 Å². The van der Waals surface area contributed by atoms with E-state index in [2.05, 4.69) is 40.9 Å². The highest BCUT2D eigenvalue weighted by molar-refractivity contribution is 5.45. The van der Waals surface area contributed by atoms with E-state index in [-0.39, 0.29) is 0 Å². The second-order valence-electron chi connectivity index (χ2n) is 3.25. The molecule has 0 saturated carbocycles. The van der Waals surface area contributed by atoms with Gasteiger partial charge in [0, 0.05) is 0 Å². The second kappa shape index (κ2) is 4.97. The molecule has 0 spiro atoms. The van der Waals surface area contributed by atoms with Crippen molar-refractivity contribution in [2.75, 3.05) is 0 Å². The lowest BCUT2D eigenvalue weighted by Gasteiger charge is -2.12. The summed E-state index contributed by atoms with van der Waals surface area (Å²) in [5.74, 6) is 0. The van der Waals surface area contributed by atoms with E-state index >= 15 is 0 Å². The molecule has 0 heterocycles. The molecule has 0 radical (unpaired) electrons. The van der Waals surface area contributed by atoms with Crippen molar-refractivity contribution < 1.29 is 0 Å². The summed E-state index contributed by atoms with van der Waals surface area (Å²) in [5, 5.41) is 0. The Morgan fingerprint density at radius 3 is 1.75 bits per heavy atom. The molecule has 0 heteroatoms. The monoisotopic (exact) mass is 164 g/mol. The van der Waals surface area contributed by atoms with Gasteiger partial charge in [-0.05, 0) is 37.8 Å². The summed E-state index contributed by atoms with van der Waals surface area (Å²) in [6, 6.07) is 0. The second-order valence-corrected chi connectivity index (χ2v) is 3.25. The van der Waals surface area contributed by atoms with E-state index in [0.717, 1.165) is 18.4 Å². The van der Waals surface area contributed by atoms with Crippen molar-refractivity contribution in [1.29, 1.82) is 0 Å². The summed E-state index contributed by atoms with van der Waals surface area (Å²) < 4.78 is 0. The third-order valence-corrected chi connectivity index (χ3v) is 2.16. The average Bonchev–Trinajstić information content (AvgIpc) is 2.03. The van der Waals surface area contributed by atoms with Crippen LogP contribution in [-0.4, -0.2) is 0 Å². The molecule has 0 bridgehead atoms. The van der Waals surface area contributed by atoms with Gasteiger partial charge in [-0.2, -0.15) is 0 Å². The van der Waals surface area contributed by atoms with Gasteiger partial charge in [0.05, 0.1) is 0 Å². The first kappa shape index (κ1) is 11.2. The zero-order chi connectivity index (χ0) is 9.72. The quantitative estimate of drug-likeness (QED) is 0.545. The van der Waals surface area contributed by atoms with Gasteiger partial charge in [-0.3, -0.25) is 0 Å². The zero-order valence-corrected chi connectivity index (χ0v) is 8.83. The SMILES string of the molecule is C=C(C)C(C(=C)CC)=C(C)CC. The van der Waals surface area contributed by atoms with Crippen molar-refractivity contribution in [3.63, 3.8) is 0 Å². The van der Waals surface area contributed by atoms with Crippen LogP contribution in [0.15, 0.2) is 35.5 Å². The van der Waals surface area contributed by atoms with Crippen LogP contribution in [0.5, 0.6) is 0 Å². The van der Waals surface area contributed by atoms with E-state index < -0.39 is 0 Å². The Morgan fingerprint density at radius 1 is 1.00 bits per heavy atom. The number of hydrogen-bond acceptors (Lipinski definition) is 0. The molecule has 12 heavy (non-hydrogen) atoms. The number of allylic oxidation sites excluding steroid dienone is 4. The number of rotatable bonds is 4. The lowest BCUT2D eigenvalue weighted by molar-refractivity contribution is 1.03. The highest BCUT2D eigenvalue weighted by atomic mass is 14.1. The third-order valence-electron chi connectivity index (χ3n) is 2.16. The lowest BCUT2D eigenvalue weighted by Crippen LogP contribution is -1.92. The van der Waals surface area contributed by atoms with Crippen LogP contribution in [0.25, 0.3) is 0 Å². The molecule has 68 valence electrons. The Balaban J connectivity index is 4.91. The Morgan fingerprint density at radius 2 is 1.50 bits per heavy atom. The van der Waals surface area contributed by atoms with Gasteiger partial charge < -0.3 is 0 Å². The van der Waals surface area contributed by atoms with E-state index in [0.29, 0.717) is 0 Å². The lowest BCUT2D eigenvalue weighted by atomic mass is 9.93. The first-order chi connectivity index (χ1) is 5.54. The first-order valence-corrected chi connectivity index (χ1v) is 4.58. The van der Waals surface area contributed by atoms with Crippen LogP contribution in [-0.2, 0) is 0 Å². The third kappa shape index (κ3) is 2.69. The van der Waals surface area contributed by atoms with Crippen LogP contribution in [0.1, 0.15) is 40.5 Å². The summed E-state index contributed by atoms with van der Waals surface area (Å²) in [6.07, 6.45) is 2.10. The number of hydrogen-bond donors (Lipinski definition) is 0. The molecule has 0 N–H and O–H groups in total. The minimum atomic E-state index is 1.01. The minimum Gasteiger partial charge on any atom is -0.0955 e. The maximum atomic E-state index is 4.05. The minimum absolute atomic E-state index is 1.01. The predicted molar refractivity (Wildman–Crippen MR) is 57.2 cm³/mol. The van der Waals surface area contributed by atoms with E-state index in [9.17, 15) is 0 Å². The fourth-order valence-corrected chi connectivity index (χ4v) is 1.32. The maximum Gasteiger partial charge on any atom is -0.0218 e. The zero-order valence-electron chi connectivity index (χ0n) is 8.83. The van der Waals surface area contributed by atoms with Gasteiger partial charge in [-0.1, -0.05) is 38.2 Å². The molecular weight excluding hydrogens is 144 g/mol.